The van der Waals surface area contributed by atoms with Crippen LogP contribution in [0.3, 0.4) is 0 Å². The highest BCUT2D eigenvalue weighted by Gasteiger charge is 2.34. The summed E-state index contributed by atoms with van der Waals surface area (Å²) in [6.07, 6.45) is -5.67. The maximum absolute atomic E-state index is 13.1. The number of halogens is 5. The Morgan fingerprint density at radius 3 is 2.23 bits per heavy atom. The maximum atomic E-state index is 13.1. The molecule has 1 amide bonds. The van der Waals surface area contributed by atoms with Crippen LogP contribution in [-0.4, -0.2) is 12.0 Å². The van der Waals surface area contributed by atoms with E-state index in [1.165, 1.54) is 13.0 Å². The van der Waals surface area contributed by atoms with Crippen molar-refractivity contribution in [1.29, 1.82) is 0 Å². The molecule has 0 unspecified atom stereocenters. The number of alkyl halides is 3. The number of amides is 1. The quantitative estimate of drug-likeness (QED) is 0.673. The number of ether oxygens (including phenoxy) is 1. The molecule has 140 valence electrons. The van der Waals surface area contributed by atoms with Gasteiger partial charge < -0.3 is 10.1 Å². The van der Waals surface area contributed by atoms with E-state index < -0.39 is 23.8 Å². The van der Waals surface area contributed by atoms with Crippen molar-refractivity contribution < 1.29 is 22.7 Å². The van der Waals surface area contributed by atoms with Crippen LogP contribution in [-0.2, 0) is 11.0 Å². The summed E-state index contributed by atoms with van der Waals surface area (Å²) in [5.74, 6) is -0.317. The number of benzene rings is 2. The van der Waals surface area contributed by atoms with Gasteiger partial charge in [0.05, 0.1) is 11.3 Å². The first-order valence-electron chi connectivity index (χ1n) is 7.60. The normalized spacial score (nSPS) is 12.6. The fraction of sp³-hybridized carbons (Fsp3) is 0.278. The van der Waals surface area contributed by atoms with Crippen LogP contribution < -0.4 is 10.1 Å². The Balaban J connectivity index is 2.18. The number of anilines is 1. The molecule has 26 heavy (non-hydrogen) atoms. The lowest BCUT2D eigenvalue weighted by Crippen LogP contribution is -2.31. The first kappa shape index (κ1) is 20.4. The molecule has 0 aliphatic heterocycles. The van der Waals surface area contributed by atoms with E-state index in [2.05, 4.69) is 5.32 Å². The highest BCUT2D eigenvalue weighted by atomic mass is 35.5. The lowest BCUT2D eigenvalue weighted by molar-refractivity contribution is -0.137. The SMILES string of the molecule is Cc1cc(O[C@H](C)C(=O)Nc2ccc(Cl)cc2C(F)(F)F)cc(C)c1Cl. The Hall–Kier alpha value is -1.92. The van der Waals surface area contributed by atoms with Gasteiger partial charge in [0.1, 0.15) is 5.75 Å². The maximum Gasteiger partial charge on any atom is 0.418 e. The van der Waals surface area contributed by atoms with Crippen LogP contribution in [0.2, 0.25) is 10.0 Å². The lowest BCUT2D eigenvalue weighted by atomic mass is 10.1. The topological polar surface area (TPSA) is 38.3 Å². The number of hydrogen-bond donors (Lipinski definition) is 1. The smallest absolute Gasteiger partial charge is 0.418 e. The molecule has 8 heteroatoms. The Kier molecular flexibility index (Phi) is 6.09. The van der Waals surface area contributed by atoms with Crippen molar-refractivity contribution >= 4 is 34.8 Å². The Morgan fingerprint density at radius 1 is 1.12 bits per heavy atom. The fourth-order valence-electron chi connectivity index (χ4n) is 2.33. The minimum absolute atomic E-state index is 0.0771. The van der Waals surface area contributed by atoms with Gasteiger partial charge in [-0.25, -0.2) is 0 Å². The van der Waals surface area contributed by atoms with Gasteiger partial charge in [-0.15, -0.1) is 0 Å². The second-order valence-corrected chi connectivity index (χ2v) is 6.62. The Labute approximate surface area is 159 Å². The number of carbonyl (C=O) groups excluding carboxylic acids is 1. The Bertz CT molecular complexity index is 815. The second-order valence-electron chi connectivity index (χ2n) is 5.81. The molecule has 3 nitrogen and oxygen atoms in total. The third-order valence-corrected chi connectivity index (χ3v) is 4.47. The van der Waals surface area contributed by atoms with Crippen LogP contribution in [0.5, 0.6) is 5.75 Å². The molecule has 1 atom stereocenters. The zero-order valence-electron chi connectivity index (χ0n) is 14.2. The molecule has 2 aromatic carbocycles. The van der Waals surface area contributed by atoms with E-state index in [4.69, 9.17) is 27.9 Å². The van der Waals surface area contributed by atoms with Crippen LogP contribution in [0.1, 0.15) is 23.6 Å². The second kappa shape index (κ2) is 7.76. The highest BCUT2D eigenvalue weighted by Crippen LogP contribution is 2.36. The van der Waals surface area contributed by atoms with E-state index in [0.717, 1.165) is 23.3 Å². The average Bonchev–Trinajstić information content (AvgIpc) is 2.53. The fourth-order valence-corrected chi connectivity index (χ4v) is 2.61. The number of nitrogens with one attached hydrogen (secondary N) is 1. The molecule has 2 rings (SSSR count). The zero-order chi connectivity index (χ0) is 19.6. The largest absolute Gasteiger partial charge is 0.481 e. The summed E-state index contributed by atoms with van der Waals surface area (Å²) in [6, 6.07) is 6.44. The van der Waals surface area contributed by atoms with Crippen LogP contribution in [0.25, 0.3) is 0 Å². The molecule has 0 saturated carbocycles. The molecular formula is C18H16Cl2F3NO2. The van der Waals surface area contributed by atoms with E-state index in [0.29, 0.717) is 10.8 Å². The summed E-state index contributed by atoms with van der Waals surface area (Å²) in [5.41, 5.74) is 0.132. The van der Waals surface area contributed by atoms with E-state index in [1.807, 2.05) is 0 Å². The monoisotopic (exact) mass is 405 g/mol. The lowest BCUT2D eigenvalue weighted by Gasteiger charge is -2.18. The summed E-state index contributed by atoms with van der Waals surface area (Å²) in [6.45, 7) is 5.02. The number of aryl methyl sites for hydroxylation is 2. The number of carbonyl (C=O) groups is 1. The molecule has 0 aliphatic rings. The Morgan fingerprint density at radius 2 is 1.69 bits per heavy atom. The standard InChI is InChI=1S/C18H16Cl2F3NO2/c1-9-6-13(7-10(2)16(9)20)26-11(3)17(25)24-15-5-4-12(19)8-14(15)18(21,22)23/h4-8,11H,1-3H3,(H,24,25)/t11-/m1/s1. The predicted molar refractivity (Wildman–Crippen MR) is 96.1 cm³/mol. The van der Waals surface area contributed by atoms with E-state index in [-0.39, 0.29) is 10.7 Å². The van der Waals surface area contributed by atoms with Crippen LogP contribution in [0.15, 0.2) is 30.3 Å². The minimum atomic E-state index is -4.65. The molecule has 0 heterocycles. The van der Waals surface area contributed by atoms with Crippen LogP contribution in [0, 0.1) is 13.8 Å². The molecule has 0 saturated heterocycles. The first-order chi connectivity index (χ1) is 12.0. The van der Waals surface area contributed by atoms with Gasteiger partial charge in [-0.3, -0.25) is 4.79 Å². The molecule has 0 aromatic heterocycles. The minimum Gasteiger partial charge on any atom is -0.481 e. The van der Waals surface area contributed by atoms with Gasteiger partial charge in [-0.05, 0) is 62.2 Å². The van der Waals surface area contributed by atoms with Gasteiger partial charge in [-0.1, -0.05) is 23.2 Å². The van der Waals surface area contributed by atoms with E-state index >= 15 is 0 Å². The van der Waals surface area contributed by atoms with Gasteiger partial charge in [0, 0.05) is 10.0 Å². The summed E-state index contributed by atoms with van der Waals surface area (Å²) in [4.78, 5) is 12.3. The molecule has 0 fully saturated rings. The molecule has 0 spiro atoms. The molecule has 1 N–H and O–H groups in total. The van der Waals surface area contributed by atoms with E-state index in [1.54, 1.807) is 26.0 Å². The van der Waals surface area contributed by atoms with Crippen molar-refractivity contribution in [1.82, 2.24) is 0 Å². The van der Waals surface area contributed by atoms with E-state index in [9.17, 15) is 18.0 Å². The average molecular weight is 406 g/mol. The van der Waals surface area contributed by atoms with Crippen molar-refractivity contribution in [2.24, 2.45) is 0 Å². The molecule has 0 aliphatic carbocycles. The third kappa shape index (κ3) is 4.83. The van der Waals surface area contributed by atoms with Crippen molar-refractivity contribution in [3.05, 3.63) is 57.1 Å². The molecule has 0 radical (unpaired) electrons. The van der Waals surface area contributed by atoms with Gasteiger partial charge in [0.2, 0.25) is 0 Å². The summed E-state index contributed by atoms with van der Waals surface area (Å²) in [5, 5.41) is 2.75. The van der Waals surface area contributed by atoms with Crippen LogP contribution >= 0.6 is 23.2 Å². The molecular weight excluding hydrogens is 390 g/mol. The van der Waals surface area contributed by atoms with Crippen molar-refractivity contribution in [3.63, 3.8) is 0 Å². The summed E-state index contributed by atoms with van der Waals surface area (Å²) in [7, 11) is 0. The van der Waals surface area contributed by atoms with Gasteiger partial charge >= 0.3 is 6.18 Å². The summed E-state index contributed by atoms with van der Waals surface area (Å²) < 4.78 is 44.8. The van der Waals surface area contributed by atoms with Crippen molar-refractivity contribution in [2.75, 3.05) is 5.32 Å². The highest BCUT2D eigenvalue weighted by molar-refractivity contribution is 6.32. The number of hydrogen-bond acceptors (Lipinski definition) is 2. The molecule has 0 bridgehead atoms. The predicted octanol–water partition coefficient (Wildman–Crippen LogP) is 6.04. The zero-order valence-corrected chi connectivity index (χ0v) is 15.7. The van der Waals surface area contributed by atoms with Crippen molar-refractivity contribution in [3.8, 4) is 5.75 Å². The first-order valence-corrected chi connectivity index (χ1v) is 8.35. The number of rotatable bonds is 4. The molecule has 2 aromatic rings. The summed E-state index contributed by atoms with van der Waals surface area (Å²) >= 11 is 11.7. The van der Waals surface area contributed by atoms with Gasteiger partial charge in [0.25, 0.3) is 5.91 Å². The van der Waals surface area contributed by atoms with Crippen molar-refractivity contribution in [2.45, 2.75) is 33.1 Å². The third-order valence-electron chi connectivity index (χ3n) is 3.64. The van der Waals surface area contributed by atoms with Crippen LogP contribution in [0.4, 0.5) is 18.9 Å². The van der Waals surface area contributed by atoms with Gasteiger partial charge in [-0.2, -0.15) is 13.2 Å². The van der Waals surface area contributed by atoms with Gasteiger partial charge in [0.15, 0.2) is 6.10 Å².